The van der Waals surface area contributed by atoms with Crippen molar-refractivity contribution in [2.24, 2.45) is 0 Å². The highest BCUT2D eigenvalue weighted by Crippen LogP contribution is 2.35. The predicted molar refractivity (Wildman–Crippen MR) is 131 cm³/mol. The number of halogens is 1. The van der Waals surface area contributed by atoms with E-state index < -0.39 is 11.9 Å². The monoisotopic (exact) mass is 504 g/mol. The minimum atomic E-state index is -1.08. The van der Waals surface area contributed by atoms with Crippen LogP contribution in [0.15, 0.2) is 36.4 Å². The van der Waals surface area contributed by atoms with E-state index in [9.17, 15) is 14.4 Å². The van der Waals surface area contributed by atoms with E-state index in [1.165, 1.54) is 11.1 Å². The Bertz CT molecular complexity index is 1030. The van der Waals surface area contributed by atoms with E-state index >= 15 is 0 Å². The van der Waals surface area contributed by atoms with Gasteiger partial charge in [-0.05, 0) is 66.9 Å². The first kappa shape index (κ1) is 26.3. The molecule has 0 fully saturated rings. The average molecular weight is 505 g/mol. The number of benzene rings is 2. The molecule has 0 radical (unpaired) electrons. The molecular formula is C25H29ClN2O7. The van der Waals surface area contributed by atoms with Crippen LogP contribution < -0.4 is 15.0 Å². The van der Waals surface area contributed by atoms with E-state index in [4.69, 9.17) is 31.3 Å². The molecule has 0 atom stereocenters. The maximum Gasteiger partial charge on any atom is 0.414 e. The van der Waals surface area contributed by atoms with Crippen molar-refractivity contribution < 1.29 is 34.1 Å². The summed E-state index contributed by atoms with van der Waals surface area (Å²) in [6, 6.07) is 11.8. The van der Waals surface area contributed by atoms with E-state index in [1.807, 2.05) is 24.3 Å². The molecule has 1 amide bonds. The summed E-state index contributed by atoms with van der Waals surface area (Å²) < 4.78 is 11.3. The number of carboxylic acids is 2. The largest absolute Gasteiger partial charge is 0.490 e. The van der Waals surface area contributed by atoms with Crippen LogP contribution >= 0.6 is 11.6 Å². The van der Waals surface area contributed by atoms with Crippen molar-refractivity contribution in [1.29, 1.82) is 0 Å². The summed E-state index contributed by atoms with van der Waals surface area (Å²) in [4.78, 5) is 33.6. The SMILES string of the molecule is O=C(O)CCC(=O)O.O=C(OCCc1ccc(Cl)cc1)N1CCOc2cc3c(cc21)CCNCC3. The number of ether oxygens (including phenoxy) is 2. The molecule has 0 saturated heterocycles. The highest BCUT2D eigenvalue weighted by Gasteiger charge is 2.26. The van der Waals surface area contributed by atoms with Gasteiger partial charge < -0.3 is 25.0 Å². The van der Waals surface area contributed by atoms with Crippen LogP contribution in [0.3, 0.4) is 0 Å². The summed E-state index contributed by atoms with van der Waals surface area (Å²) >= 11 is 5.90. The molecule has 188 valence electrons. The number of aliphatic carboxylic acids is 2. The van der Waals surface area contributed by atoms with Gasteiger partial charge in [0.2, 0.25) is 0 Å². The molecule has 4 rings (SSSR count). The average Bonchev–Trinajstić information content (AvgIpc) is 3.07. The second-order valence-electron chi connectivity index (χ2n) is 8.12. The number of nitrogens with zero attached hydrogens (tertiary/aromatic N) is 1. The molecule has 2 aliphatic rings. The Labute approximate surface area is 208 Å². The molecule has 2 aromatic carbocycles. The summed E-state index contributed by atoms with van der Waals surface area (Å²) in [6.45, 7) is 3.25. The molecule has 2 aliphatic heterocycles. The summed E-state index contributed by atoms with van der Waals surface area (Å²) in [5, 5.41) is 19.9. The van der Waals surface area contributed by atoms with Gasteiger partial charge >= 0.3 is 18.0 Å². The van der Waals surface area contributed by atoms with Gasteiger partial charge in [-0.2, -0.15) is 0 Å². The van der Waals surface area contributed by atoms with Crippen LogP contribution in [-0.2, 0) is 33.6 Å². The van der Waals surface area contributed by atoms with Crippen molar-refractivity contribution >= 4 is 35.3 Å². The van der Waals surface area contributed by atoms with Gasteiger partial charge in [0.05, 0.1) is 31.7 Å². The minimum Gasteiger partial charge on any atom is -0.490 e. The third-order valence-corrected chi connectivity index (χ3v) is 5.84. The lowest BCUT2D eigenvalue weighted by Gasteiger charge is -2.30. The fourth-order valence-corrected chi connectivity index (χ4v) is 3.90. The van der Waals surface area contributed by atoms with Crippen LogP contribution in [0.25, 0.3) is 0 Å². The van der Waals surface area contributed by atoms with Gasteiger partial charge in [-0.25, -0.2) is 4.79 Å². The van der Waals surface area contributed by atoms with E-state index in [0.29, 0.717) is 31.2 Å². The van der Waals surface area contributed by atoms with Gasteiger partial charge in [0.25, 0.3) is 0 Å². The van der Waals surface area contributed by atoms with Gasteiger partial charge in [0.1, 0.15) is 12.4 Å². The van der Waals surface area contributed by atoms with Crippen LogP contribution in [0.5, 0.6) is 5.75 Å². The number of nitrogens with one attached hydrogen (secondary N) is 1. The molecule has 10 heteroatoms. The number of carbonyl (C=O) groups excluding carboxylic acids is 1. The van der Waals surface area contributed by atoms with Crippen LogP contribution in [0.2, 0.25) is 5.02 Å². The molecule has 9 nitrogen and oxygen atoms in total. The Hall–Kier alpha value is -3.30. The fraction of sp³-hybridized carbons (Fsp3) is 0.400. The number of anilines is 1. The number of amides is 1. The van der Waals surface area contributed by atoms with E-state index in [2.05, 4.69) is 17.4 Å². The first-order valence-electron chi connectivity index (χ1n) is 11.4. The van der Waals surface area contributed by atoms with Crippen molar-refractivity contribution in [1.82, 2.24) is 5.32 Å². The van der Waals surface area contributed by atoms with Crippen LogP contribution in [0, 0.1) is 0 Å². The maximum atomic E-state index is 12.7. The third kappa shape index (κ3) is 8.15. The zero-order valence-corrected chi connectivity index (χ0v) is 20.1. The normalized spacial score (nSPS) is 14.3. The second-order valence-corrected chi connectivity index (χ2v) is 8.55. The summed E-state index contributed by atoms with van der Waals surface area (Å²) in [5.74, 6) is -1.38. The summed E-state index contributed by atoms with van der Waals surface area (Å²) in [5.41, 5.74) is 4.49. The Morgan fingerprint density at radius 1 is 1.00 bits per heavy atom. The van der Waals surface area contributed by atoms with Gasteiger partial charge in [-0.3, -0.25) is 14.5 Å². The van der Waals surface area contributed by atoms with Crippen molar-refractivity contribution in [3.8, 4) is 5.75 Å². The third-order valence-electron chi connectivity index (χ3n) is 5.59. The molecule has 0 saturated carbocycles. The smallest absolute Gasteiger partial charge is 0.414 e. The molecule has 0 unspecified atom stereocenters. The van der Waals surface area contributed by atoms with Gasteiger partial charge in [0, 0.05) is 11.4 Å². The zero-order chi connectivity index (χ0) is 25.2. The predicted octanol–water partition coefficient (Wildman–Crippen LogP) is 3.54. The van der Waals surface area contributed by atoms with E-state index in [0.717, 1.165) is 42.9 Å². The van der Waals surface area contributed by atoms with Gasteiger partial charge in [-0.1, -0.05) is 23.7 Å². The number of fused-ring (bicyclic) bond motifs is 2. The molecule has 2 aromatic rings. The number of hydrogen-bond acceptors (Lipinski definition) is 6. The van der Waals surface area contributed by atoms with E-state index in [1.54, 1.807) is 4.90 Å². The van der Waals surface area contributed by atoms with Gasteiger partial charge in [0.15, 0.2) is 0 Å². The van der Waals surface area contributed by atoms with Crippen molar-refractivity contribution in [3.63, 3.8) is 0 Å². The Kier molecular flexibility index (Phi) is 9.75. The minimum absolute atomic E-state index is 0.296. The lowest BCUT2D eigenvalue weighted by Crippen LogP contribution is -2.38. The second kappa shape index (κ2) is 13.0. The van der Waals surface area contributed by atoms with Crippen LogP contribution in [0.4, 0.5) is 10.5 Å². The Balaban J connectivity index is 0.000000371. The molecule has 3 N–H and O–H groups in total. The first-order chi connectivity index (χ1) is 16.8. The lowest BCUT2D eigenvalue weighted by atomic mass is 10.0. The van der Waals surface area contributed by atoms with Gasteiger partial charge in [-0.15, -0.1) is 0 Å². The topological polar surface area (TPSA) is 125 Å². The number of carboxylic acid groups (broad SMARTS) is 2. The van der Waals surface area contributed by atoms with E-state index in [-0.39, 0.29) is 18.9 Å². The fourth-order valence-electron chi connectivity index (χ4n) is 3.77. The summed E-state index contributed by atoms with van der Waals surface area (Å²) in [6.07, 6.45) is 1.69. The van der Waals surface area contributed by atoms with Crippen LogP contribution in [-0.4, -0.2) is 61.1 Å². The Morgan fingerprint density at radius 2 is 1.63 bits per heavy atom. The van der Waals surface area contributed by atoms with Crippen molar-refractivity contribution in [3.05, 3.63) is 58.1 Å². The molecule has 0 aliphatic carbocycles. The number of carbonyl (C=O) groups is 3. The lowest BCUT2D eigenvalue weighted by molar-refractivity contribution is -0.143. The van der Waals surface area contributed by atoms with Crippen molar-refractivity contribution in [2.45, 2.75) is 32.1 Å². The highest BCUT2D eigenvalue weighted by atomic mass is 35.5. The molecule has 35 heavy (non-hydrogen) atoms. The standard InChI is InChI=1S/C21H23ClN2O3.C4H6O4/c22-18-3-1-15(2-4-18)7-11-27-21(25)24-10-12-26-20-14-17-6-9-23-8-5-16(17)13-19(20)24;5-3(6)1-2-4(7)8/h1-4,13-14,23H,5-12H2;1-2H2,(H,5,6)(H,7,8). The molecule has 0 aromatic heterocycles. The highest BCUT2D eigenvalue weighted by molar-refractivity contribution is 6.30. The molecule has 0 spiro atoms. The number of hydrogen-bond donors (Lipinski definition) is 3. The molecule has 2 heterocycles. The molecule has 0 bridgehead atoms. The van der Waals surface area contributed by atoms with Crippen LogP contribution in [0.1, 0.15) is 29.5 Å². The summed E-state index contributed by atoms with van der Waals surface area (Å²) in [7, 11) is 0. The first-order valence-corrected chi connectivity index (χ1v) is 11.8. The van der Waals surface area contributed by atoms with Crippen molar-refractivity contribution in [2.75, 3.05) is 37.7 Å². The maximum absolute atomic E-state index is 12.7. The molecular weight excluding hydrogens is 476 g/mol. The number of rotatable bonds is 6. The Morgan fingerprint density at radius 3 is 2.26 bits per heavy atom. The quantitative estimate of drug-likeness (QED) is 0.545. The zero-order valence-electron chi connectivity index (χ0n) is 19.3.